The molecule has 2 N–H and O–H groups in total. The van der Waals surface area contributed by atoms with Gasteiger partial charge in [0, 0.05) is 28.2 Å². The van der Waals surface area contributed by atoms with Crippen LogP contribution in [0.2, 0.25) is 5.02 Å². The van der Waals surface area contributed by atoms with E-state index < -0.39 is 0 Å². The molecule has 0 spiro atoms. The van der Waals surface area contributed by atoms with Gasteiger partial charge in [0.1, 0.15) is 5.82 Å². The van der Waals surface area contributed by atoms with Crippen LogP contribution in [-0.4, -0.2) is 9.97 Å². The van der Waals surface area contributed by atoms with Gasteiger partial charge in [-0.3, -0.25) is 0 Å². The van der Waals surface area contributed by atoms with Crippen molar-refractivity contribution in [3.05, 3.63) is 70.4 Å². The zero-order valence-electron chi connectivity index (χ0n) is 13.9. The van der Waals surface area contributed by atoms with E-state index in [1.54, 1.807) is 0 Å². The quantitative estimate of drug-likeness (QED) is 0.655. The van der Waals surface area contributed by atoms with Gasteiger partial charge in [-0.15, -0.1) is 0 Å². The van der Waals surface area contributed by atoms with Crippen molar-refractivity contribution < 1.29 is 0 Å². The van der Waals surface area contributed by atoms with Crippen LogP contribution >= 0.6 is 11.6 Å². The minimum absolute atomic E-state index is 0.570. The third-order valence-corrected chi connectivity index (χ3v) is 3.86. The van der Waals surface area contributed by atoms with E-state index in [2.05, 4.69) is 52.6 Å². The van der Waals surface area contributed by atoms with Crippen LogP contribution in [0.25, 0.3) is 0 Å². The number of aromatic nitrogens is 2. The molecule has 0 atom stereocenters. The maximum absolute atomic E-state index is 5.92. The molecule has 0 aliphatic heterocycles. The summed E-state index contributed by atoms with van der Waals surface area (Å²) in [5.41, 5.74) is 5.16. The third kappa shape index (κ3) is 4.03. The van der Waals surface area contributed by atoms with Gasteiger partial charge < -0.3 is 10.6 Å². The summed E-state index contributed by atoms with van der Waals surface area (Å²) in [6.45, 7) is 6.07. The maximum atomic E-state index is 5.92. The predicted octanol–water partition coefficient (Wildman–Crippen LogP) is 5.54. The molecule has 0 bridgehead atoms. The van der Waals surface area contributed by atoms with Crippen molar-refractivity contribution >= 4 is 34.7 Å². The lowest BCUT2D eigenvalue weighted by atomic mass is 10.1. The van der Waals surface area contributed by atoms with Crippen LogP contribution in [0.3, 0.4) is 0 Å². The van der Waals surface area contributed by atoms with Crippen LogP contribution in [0.1, 0.15) is 16.8 Å². The standard InChI is InChI=1S/C19H19ClN4/c1-12-4-5-13(2)17(10-12)23-19-21-14(3)11-18(24-19)22-16-8-6-15(20)7-9-16/h4-11H,1-3H3,(H2,21,22,23,24). The average molecular weight is 339 g/mol. The van der Waals surface area contributed by atoms with E-state index >= 15 is 0 Å². The van der Waals surface area contributed by atoms with Crippen molar-refractivity contribution in [1.29, 1.82) is 0 Å². The molecule has 4 nitrogen and oxygen atoms in total. The second-order valence-corrected chi connectivity index (χ2v) is 6.23. The zero-order chi connectivity index (χ0) is 17.1. The molecule has 0 amide bonds. The zero-order valence-corrected chi connectivity index (χ0v) is 14.6. The highest BCUT2D eigenvalue weighted by molar-refractivity contribution is 6.30. The molecule has 0 radical (unpaired) electrons. The van der Waals surface area contributed by atoms with Crippen molar-refractivity contribution in [3.63, 3.8) is 0 Å². The Labute approximate surface area is 146 Å². The van der Waals surface area contributed by atoms with Gasteiger partial charge in [0.2, 0.25) is 5.95 Å². The number of hydrogen-bond acceptors (Lipinski definition) is 4. The monoisotopic (exact) mass is 338 g/mol. The Morgan fingerprint density at radius 1 is 0.833 bits per heavy atom. The summed E-state index contributed by atoms with van der Waals surface area (Å²) in [5, 5.41) is 7.29. The predicted molar refractivity (Wildman–Crippen MR) is 101 cm³/mol. The maximum Gasteiger partial charge on any atom is 0.229 e. The summed E-state index contributed by atoms with van der Waals surface area (Å²) < 4.78 is 0. The van der Waals surface area contributed by atoms with E-state index in [0.717, 1.165) is 28.5 Å². The Hall–Kier alpha value is -2.59. The number of rotatable bonds is 4. The molecule has 0 aliphatic carbocycles. The van der Waals surface area contributed by atoms with Crippen molar-refractivity contribution in [1.82, 2.24) is 9.97 Å². The second-order valence-electron chi connectivity index (χ2n) is 5.79. The SMILES string of the molecule is Cc1ccc(C)c(Nc2nc(C)cc(Nc3ccc(Cl)cc3)n2)c1. The van der Waals surface area contributed by atoms with Crippen LogP contribution in [-0.2, 0) is 0 Å². The highest BCUT2D eigenvalue weighted by atomic mass is 35.5. The van der Waals surface area contributed by atoms with Crippen molar-refractivity contribution in [2.75, 3.05) is 10.6 Å². The molecule has 0 fully saturated rings. The summed E-state index contributed by atoms with van der Waals surface area (Å²) in [6, 6.07) is 15.7. The molecular weight excluding hydrogens is 320 g/mol. The van der Waals surface area contributed by atoms with Gasteiger partial charge in [0.25, 0.3) is 0 Å². The first-order chi connectivity index (χ1) is 11.5. The fraction of sp³-hybridized carbons (Fsp3) is 0.158. The Kier molecular flexibility index (Phi) is 4.67. The van der Waals surface area contributed by atoms with Crippen LogP contribution in [0.15, 0.2) is 48.5 Å². The van der Waals surface area contributed by atoms with Gasteiger partial charge in [-0.1, -0.05) is 23.7 Å². The molecule has 1 aromatic heterocycles. The van der Waals surface area contributed by atoms with E-state index in [9.17, 15) is 0 Å². The molecule has 0 unspecified atom stereocenters. The number of hydrogen-bond donors (Lipinski definition) is 2. The first-order valence-electron chi connectivity index (χ1n) is 7.72. The first-order valence-corrected chi connectivity index (χ1v) is 8.10. The second kappa shape index (κ2) is 6.89. The van der Waals surface area contributed by atoms with Gasteiger partial charge in [0.05, 0.1) is 0 Å². The average Bonchev–Trinajstić information content (AvgIpc) is 2.53. The number of nitrogens with zero attached hydrogens (tertiary/aromatic N) is 2. The first kappa shape index (κ1) is 16.3. The Morgan fingerprint density at radius 3 is 2.33 bits per heavy atom. The lowest BCUT2D eigenvalue weighted by molar-refractivity contribution is 1.10. The number of benzene rings is 2. The molecule has 3 rings (SSSR count). The topological polar surface area (TPSA) is 49.8 Å². The summed E-state index contributed by atoms with van der Waals surface area (Å²) in [4.78, 5) is 9.02. The van der Waals surface area contributed by atoms with E-state index in [1.165, 1.54) is 5.56 Å². The highest BCUT2D eigenvalue weighted by Gasteiger charge is 2.06. The van der Waals surface area contributed by atoms with Crippen molar-refractivity contribution in [3.8, 4) is 0 Å². The number of halogens is 1. The molecule has 0 aliphatic rings. The summed E-state index contributed by atoms with van der Waals surface area (Å²) in [7, 11) is 0. The van der Waals surface area contributed by atoms with E-state index in [4.69, 9.17) is 11.6 Å². The molecule has 122 valence electrons. The lowest BCUT2D eigenvalue weighted by Gasteiger charge is -2.12. The molecule has 5 heteroatoms. The van der Waals surface area contributed by atoms with E-state index in [-0.39, 0.29) is 0 Å². The molecule has 2 aromatic carbocycles. The van der Waals surface area contributed by atoms with Crippen molar-refractivity contribution in [2.24, 2.45) is 0 Å². The number of aryl methyl sites for hydroxylation is 3. The van der Waals surface area contributed by atoms with Crippen molar-refractivity contribution in [2.45, 2.75) is 20.8 Å². The third-order valence-electron chi connectivity index (χ3n) is 3.61. The van der Waals surface area contributed by atoms with E-state index in [0.29, 0.717) is 11.0 Å². The number of nitrogens with one attached hydrogen (secondary N) is 2. The largest absolute Gasteiger partial charge is 0.340 e. The molecular formula is C19H19ClN4. The van der Waals surface area contributed by atoms with Gasteiger partial charge in [-0.05, 0) is 62.2 Å². The van der Waals surface area contributed by atoms with Crippen LogP contribution in [0.4, 0.5) is 23.1 Å². The van der Waals surface area contributed by atoms with Gasteiger partial charge >= 0.3 is 0 Å². The van der Waals surface area contributed by atoms with Crippen LogP contribution < -0.4 is 10.6 Å². The summed E-state index contributed by atoms with van der Waals surface area (Å²) in [6.07, 6.45) is 0. The van der Waals surface area contributed by atoms with Gasteiger partial charge in [-0.2, -0.15) is 4.98 Å². The van der Waals surface area contributed by atoms with Gasteiger partial charge in [-0.25, -0.2) is 4.98 Å². The Bertz CT molecular complexity index is 860. The fourth-order valence-corrected chi connectivity index (χ4v) is 2.49. The molecule has 1 heterocycles. The summed E-state index contributed by atoms with van der Waals surface area (Å²) >= 11 is 5.92. The molecule has 0 saturated carbocycles. The van der Waals surface area contributed by atoms with Gasteiger partial charge in [0.15, 0.2) is 0 Å². The Balaban J connectivity index is 1.85. The molecule has 24 heavy (non-hydrogen) atoms. The Morgan fingerprint density at radius 2 is 1.58 bits per heavy atom. The summed E-state index contributed by atoms with van der Waals surface area (Å²) in [5.74, 6) is 1.30. The highest BCUT2D eigenvalue weighted by Crippen LogP contribution is 2.23. The normalized spacial score (nSPS) is 10.5. The fourth-order valence-electron chi connectivity index (χ4n) is 2.36. The van der Waals surface area contributed by atoms with E-state index in [1.807, 2.05) is 37.3 Å². The molecule has 3 aromatic rings. The minimum Gasteiger partial charge on any atom is -0.340 e. The number of anilines is 4. The lowest BCUT2D eigenvalue weighted by Crippen LogP contribution is -2.03. The molecule has 0 saturated heterocycles. The smallest absolute Gasteiger partial charge is 0.229 e. The van der Waals surface area contributed by atoms with Crippen LogP contribution in [0, 0.1) is 20.8 Å². The van der Waals surface area contributed by atoms with Crippen LogP contribution in [0.5, 0.6) is 0 Å². The minimum atomic E-state index is 0.570.